The molecule has 1 aromatic heterocycles. The number of nitrogens with zero attached hydrogens (tertiary/aromatic N) is 1. The van der Waals surface area contributed by atoms with E-state index < -0.39 is 15.8 Å². The quantitative estimate of drug-likeness (QED) is 0.920. The van der Waals surface area contributed by atoms with Gasteiger partial charge in [-0.25, -0.2) is 12.8 Å². The highest BCUT2D eigenvalue weighted by Crippen LogP contribution is 2.15. The molecule has 0 aliphatic rings. The number of anilines is 1. The minimum absolute atomic E-state index is 0.0443. The molecule has 0 saturated heterocycles. The van der Waals surface area contributed by atoms with Crippen LogP contribution in [0.2, 0.25) is 0 Å². The van der Waals surface area contributed by atoms with Gasteiger partial charge >= 0.3 is 0 Å². The molecular formula is C14H15FN2O3S. The number of benzene rings is 1. The summed E-state index contributed by atoms with van der Waals surface area (Å²) >= 11 is 0. The third kappa shape index (κ3) is 3.69. The summed E-state index contributed by atoms with van der Waals surface area (Å²) < 4.78 is 40.9. The van der Waals surface area contributed by atoms with Crippen LogP contribution in [0.25, 0.3) is 0 Å². The SMILES string of the molecule is CCCn1cc(NS(=O)(=O)c2ccc(F)cc2)ccc1=O. The standard InChI is InChI=1S/C14H15FN2O3S/c1-2-9-17-10-12(5-8-14(17)18)16-21(19,20)13-6-3-11(15)4-7-13/h3-8,10,16H,2,9H2,1H3. The lowest BCUT2D eigenvalue weighted by molar-refractivity contribution is 0.599. The predicted molar refractivity (Wildman–Crippen MR) is 78.2 cm³/mol. The van der Waals surface area contributed by atoms with Crippen molar-refractivity contribution in [3.05, 3.63) is 58.8 Å². The van der Waals surface area contributed by atoms with Crippen LogP contribution in [0.3, 0.4) is 0 Å². The normalized spacial score (nSPS) is 11.3. The molecule has 0 spiro atoms. The zero-order valence-electron chi connectivity index (χ0n) is 11.4. The molecule has 0 aliphatic carbocycles. The number of halogens is 1. The van der Waals surface area contributed by atoms with Crippen molar-refractivity contribution in [2.24, 2.45) is 0 Å². The molecule has 7 heteroatoms. The fourth-order valence-corrected chi connectivity index (χ4v) is 2.88. The molecule has 5 nitrogen and oxygen atoms in total. The van der Waals surface area contributed by atoms with E-state index in [-0.39, 0.29) is 16.1 Å². The number of pyridine rings is 1. The Morgan fingerprint density at radius 2 is 1.81 bits per heavy atom. The molecule has 2 rings (SSSR count). The number of sulfonamides is 1. The topological polar surface area (TPSA) is 68.2 Å². The Morgan fingerprint density at radius 1 is 1.14 bits per heavy atom. The molecule has 0 unspecified atom stereocenters. The second-order valence-electron chi connectivity index (χ2n) is 4.51. The maximum Gasteiger partial charge on any atom is 0.261 e. The van der Waals surface area contributed by atoms with Gasteiger partial charge in [0.1, 0.15) is 5.82 Å². The molecular weight excluding hydrogens is 295 g/mol. The van der Waals surface area contributed by atoms with E-state index >= 15 is 0 Å². The predicted octanol–water partition coefficient (Wildman–Crippen LogP) is 2.20. The largest absolute Gasteiger partial charge is 0.313 e. The lowest BCUT2D eigenvalue weighted by Crippen LogP contribution is -2.20. The Bertz CT molecular complexity index is 783. The Morgan fingerprint density at radius 3 is 2.43 bits per heavy atom. The van der Waals surface area contributed by atoms with Crippen molar-refractivity contribution in [1.29, 1.82) is 0 Å². The van der Waals surface area contributed by atoms with Crippen LogP contribution < -0.4 is 10.3 Å². The molecule has 0 atom stereocenters. The Hall–Kier alpha value is -2.15. The van der Waals surface area contributed by atoms with Crippen molar-refractivity contribution < 1.29 is 12.8 Å². The summed E-state index contributed by atoms with van der Waals surface area (Å²) in [7, 11) is -3.81. The molecule has 2 aromatic rings. The van der Waals surface area contributed by atoms with Crippen molar-refractivity contribution in [1.82, 2.24) is 4.57 Å². The number of aryl methyl sites for hydroxylation is 1. The van der Waals surface area contributed by atoms with Gasteiger partial charge in [-0.3, -0.25) is 9.52 Å². The average molecular weight is 310 g/mol. The van der Waals surface area contributed by atoms with Gasteiger partial charge in [-0.2, -0.15) is 0 Å². The van der Waals surface area contributed by atoms with E-state index in [2.05, 4.69) is 4.72 Å². The summed E-state index contributed by atoms with van der Waals surface area (Å²) in [5, 5.41) is 0. The van der Waals surface area contributed by atoms with E-state index in [1.165, 1.54) is 35.0 Å². The highest BCUT2D eigenvalue weighted by molar-refractivity contribution is 7.92. The molecule has 1 heterocycles. The molecule has 21 heavy (non-hydrogen) atoms. The number of nitrogens with one attached hydrogen (secondary N) is 1. The van der Waals surface area contributed by atoms with Gasteiger partial charge in [0.05, 0.1) is 10.6 Å². The summed E-state index contributed by atoms with van der Waals surface area (Å²) in [5.41, 5.74) is 0.0916. The Balaban J connectivity index is 2.30. The first-order valence-electron chi connectivity index (χ1n) is 6.41. The van der Waals surface area contributed by atoms with Crippen LogP contribution in [-0.4, -0.2) is 13.0 Å². The molecule has 0 fully saturated rings. The van der Waals surface area contributed by atoms with Crippen molar-refractivity contribution >= 4 is 15.7 Å². The molecule has 1 aromatic carbocycles. The highest BCUT2D eigenvalue weighted by Gasteiger charge is 2.14. The minimum Gasteiger partial charge on any atom is -0.313 e. The molecule has 0 amide bonds. The zero-order valence-corrected chi connectivity index (χ0v) is 12.2. The van der Waals surface area contributed by atoms with Crippen LogP contribution in [0.5, 0.6) is 0 Å². The molecule has 0 saturated carbocycles. The van der Waals surface area contributed by atoms with E-state index in [1.807, 2.05) is 6.92 Å². The molecule has 0 aliphatic heterocycles. The molecule has 0 bridgehead atoms. The van der Waals surface area contributed by atoms with Gasteiger partial charge in [0.15, 0.2) is 0 Å². The monoisotopic (exact) mass is 310 g/mol. The molecule has 0 radical (unpaired) electrons. The van der Waals surface area contributed by atoms with Gasteiger partial charge in [0.25, 0.3) is 15.6 Å². The summed E-state index contributed by atoms with van der Waals surface area (Å²) in [6.07, 6.45) is 2.21. The number of rotatable bonds is 5. The molecule has 1 N–H and O–H groups in total. The lowest BCUT2D eigenvalue weighted by Gasteiger charge is -2.10. The minimum atomic E-state index is -3.81. The third-order valence-corrected chi connectivity index (χ3v) is 4.22. The van der Waals surface area contributed by atoms with Gasteiger partial charge in [0, 0.05) is 18.8 Å². The number of aromatic nitrogens is 1. The summed E-state index contributed by atoms with van der Waals surface area (Å²) in [5.74, 6) is -0.509. The van der Waals surface area contributed by atoms with Crippen molar-refractivity contribution in [2.45, 2.75) is 24.8 Å². The number of hydrogen-bond donors (Lipinski definition) is 1. The van der Waals surface area contributed by atoms with Crippen LogP contribution in [0, 0.1) is 5.82 Å². The van der Waals surface area contributed by atoms with Gasteiger partial charge in [0.2, 0.25) is 0 Å². The van der Waals surface area contributed by atoms with Crippen LogP contribution >= 0.6 is 0 Å². The first-order valence-corrected chi connectivity index (χ1v) is 7.89. The Labute approximate surface area is 122 Å². The maximum absolute atomic E-state index is 12.8. The van der Waals surface area contributed by atoms with Gasteiger partial charge in [-0.1, -0.05) is 6.92 Å². The second kappa shape index (κ2) is 6.09. The number of hydrogen-bond acceptors (Lipinski definition) is 3. The molecule has 112 valence electrons. The van der Waals surface area contributed by atoms with E-state index in [9.17, 15) is 17.6 Å². The summed E-state index contributed by atoms with van der Waals surface area (Å²) in [4.78, 5) is 11.5. The van der Waals surface area contributed by atoms with Crippen LogP contribution in [0.1, 0.15) is 13.3 Å². The Kier molecular flexibility index (Phi) is 4.42. The first kappa shape index (κ1) is 15.2. The van der Waals surface area contributed by atoms with Crippen LogP contribution in [0.4, 0.5) is 10.1 Å². The second-order valence-corrected chi connectivity index (χ2v) is 6.19. The van der Waals surface area contributed by atoms with E-state index in [1.54, 1.807) is 0 Å². The van der Waals surface area contributed by atoms with E-state index in [4.69, 9.17) is 0 Å². The van der Waals surface area contributed by atoms with Crippen LogP contribution in [-0.2, 0) is 16.6 Å². The zero-order chi connectivity index (χ0) is 15.5. The van der Waals surface area contributed by atoms with Gasteiger partial charge in [-0.05, 0) is 36.8 Å². The average Bonchev–Trinajstić information content (AvgIpc) is 2.43. The third-order valence-electron chi connectivity index (χ3n) is 2.82. The van der Waals surface area contributed by atoms with E-state index in [0.717, 1.165) is 18.6 Å². The van der Waals surface area contributed by atoms with Crippen molar-refractivity contribution in [2.75, 3.05) is 4.72 Å². The summed E-state index contributed by atoms with van der Waals surface area (Å²) in [6.45, 7) is 2.42. The van der Waals surface area contributed by atoms with Crippen LogP contribution in [0.15, 0.2) is 52.3 Å². The van der Waals surface area contributed by atoms with Gasteiger partial charge < -0.3 is 4.57 Å². The maximum atomic E-state index is 12.8. The highest BCUT2D eigenvalue weighted by atomic mass is 32.2. The first-order chi connectivity index (χ1) is 9.92. The lowest BCUT2D eigenvalue weighted by atomic mass is 10.4. The van der Waals surface area contributed by atoms with Crippen molar-refractivity contribution in [3.8, 4) is 0 Å². The van der Waals surface area contributed by atoms with Crippen molar-refractivity contribution in [3.63, 3.8) is 0 Å². The summed E-state index contributed by atoms with van der Waals surface area (Å²) in [6, 6.07) is 7.21. The van der Waals surface area contributed by atoms with Gasteiger partial charge in [-0.15, -0.1) is 0 Å². The fourth-order valence-electron chi connectivity index (χ4n) is 1.84. The fraction of sp³-hybridized carbons (Fsp3) is 0.214. The smallest absolute Gasteiger partial charge is 0.261 e. The van der Waals surface area contributed by atoms with E-state index in [0.29, 0.717) is 6.54 Å².